The Balaban J connectivity index is 1.59. The minimum Gasteiger partial charge on any atom is -0.376 e. The first-order valence-electron chi connectivity index (χ1n) is 8.28. The molecule has 1 saturated heterocycles. The lowest BCUT2D eigenvalue weighted by molar-refractivity contribution is -0.122. The molecule has 2 atom stereocenters. The fourth-order valence-corrected chi connectivity index (χ4v) is 3.26. The van der Waals surface area contributed by atoms with Crippen molar-refractivity contribution >= 4 is 5.91 Å². The van der Waals surface area contributed by atoms with Crippen LogP contribution in [0, 0.1) is 18.7 Å². The van der Waals surface area contributed by atoms with Crippen molar-refractivity contribution in [1.82, 2.24) is 5.32 Å². The maximum atomic E-state index is 13.4. The van der Waals surface area contributed by atoms with E-state index in [-0.39, 0.29) is 23.7 Å². The first-order chi connectivity index (χ1) is 10.6. The summed E-state index contributed by atoms with van der Waals surface area (Å²) >= 11 is 0. The van der Waals surface area contributed by atoms with Gasteiger partial charge in [0, 0.05) is 19.6 Å². The van der Waals surface area contributed by atoms with E-state index in [1.54, 1.807) is 6.92 Å². The third-order valence-corrected chi connectivity index (χ3v) is 4.76. The summed E-state index contributed by atoms with van der Waals surface area (Å²) in [5.74, 6) is 0.678. The topological polar surface area (TPSA) is 38.3 Å². The zero-order chi connectivity index (χ0) is 15.5. The van der Waals surface area contributed by atoms with E-state index in [9.17, 15) is 9.18 Å². The molecule has 2 unspecified atom stereocenters. The highest BCUT2D eigenvalue weighted by atomic mass is 19.1. The van der Waals surface area contributed by atoms with Gasteiger partial charge in [-0.25, -0.2) is 4.39 Å². The van der Waals surface area contributed by atoms with Crippen molar-refractivity contribution in [1.29, 1.82) is 0 Å². The summed E-state index contributed by atoms with van der Waals surface area (Å²) in [6.07, 6.45) is 5.11. The monoisotopic (exact) mass is 305 g/mol. The van der Waals surface area contributed by atoms with Crippen LogP contribution in [0.3, 0.4) is 0 Å². The summed E-state index contributed by atoms with van der Waals surface area (Å²) in [5, 5.41) is 3.00. The first kappa shape index (κ1) is 15.5. The van der Waals surface area contributed by atoms with Gasteiger partial charge in [0.25, 0.3) is 0 Å². The Hall–Kier alpha value is -1.42. The van der Waals surface area contributed by atoms with E-state index in [1.165, 1.54) is 18.9 Å². The average Bonchev–Trinajstić information content (AvgIpc) is 3.21. The highest BCUT2D eigenvalue weighted by molar-refractivity contribution is 5.77. The van der Waals surface area contributed by atoms with Crippen LogP contribution in [0.2, 0.25) is 0 Å². The van der Waals surface area contributed by atoms with E-state index in [1.807, 2.05) is 12.1 Å². The summed E-state index contributed by atoms with van der Waals surface area (Å²) in [6.45, 7) is 3.19. The van der Waals surface area contributed by atoms with Gasteiger partial charge < -0.3 is 10.1 Å². The summed E-state index contributed by atoms with van der Waals surface area (Å²) in [7, 11) is 0. The zero-order valence-electron chi connectivity index (χ0n) is 13.1. The van der Waals surface area contributed by atoms with Crippen LogP contribution >= 0.6 is 0 Å². The van der Waals surface area contributed by atoms with Crippen LogP contribution < -0.4 is 5.32 Å². The molecule has 1 amide bonds. The van der Waals surface area contributed by atoms with Crippen LogP contribution in [0.4, 0.5) is 4.39 Å². The van der Waals surface area contributed by atoms with Crippen molar-refractivity contribution in [3.05, 3.63) is 35.1 Å². The number of hydrogen-bond donors (Lipinski definition) is 1. The Morgan fingerprint density at radius 2 is 2.23 bits per heavy atom. The van der Waals surface area contributed by atoms with Crippen LogP contribution in [0.25, 0.3) is 0 Å². The number of aryl methyl sites for hydroxylation is 1. The van der Waals surface area contributed by atoms with Gasteiger partial charge >= 0.3 is 0 Å². The molecule has 22 heavy (non-hydrogen) atoms. The quantitative estimate of drug-likeness (QED) is 0.875. The molecule has 0 aromatic heterocycles. The number of carbonyl (C=O) groups is 1. The first-order valence-corrected chi connectivity index (χ1v) is 8.28. The van der Waals surface area contributed by atoms with E-state index >= 15 is 0 Å². The molecule has 0 radical (unpaired) electrons. The number of halogens is 1. The van der Waals surface area contributed by atoms with E-state index in [4.69, 9.17) is 4.74 Å². The van der Waals surface area contributed by atoms with Gasteiger partial charge in [0.2, 0.25) is 5.91 Å². The molecule has 1 aromatic carbocycles. The molecule has 1 saturated carbocycles. The van der Waals surface area contributed by atoms with E-state index in [0.29, 0.717) is 24.4 Å². The molecule has 1 heterocycles. The van der Waals surface area contributed by atoms with Crippen molar-refractivity contribution in [2.45, 2.75) is 51.0 Å². The second-order valence-electron chi connectivity index (χ2n) is 6.60. The van der Waals surface area contributed by atoms with Crippen molar-refractivity contribution in [2.24, 2.45) is 5.92 Å². The number of carbonyl (C=O) groups excluding carboxylic acids is 1. The second kappa shape index (κ2) is 6.78. The van der Waals surface area contributed by atoms with Crippen LogP contribution in [-0.4, -0.2) is 25.2 Å². The van der Waals surface area contributed by atoms with Gasteiger partial charge in [0.1, 0.15) is 5.82 Å². The molecule has 0 bridgehead atoms. The van der Waals surface area contributed by atoms with Crippen LogP contribution in [0.15, 0.2) is 18.2 Å². The molecule has 4 heteroatoms. The minimum absolute atomic E-state index is 0.0781. The van der Waals surface area contributed by atoms with E-state index in [2.05, 4.69) is 5.32 Å². The number of hydrogen-bond acceptors (Lipinski definition) is 2. The summed E-state index contributed by atoms with van der Waals surface area (Å²) in [5.41, 5.74) is 1.75. The molecule has 3 rings (SSSR count). The van der Waals surface area contributed by atoms with Crippen LogP contribution in [0.5, 0.6) is 0 Å². The van der Waals surface area contributed by atoms with E-state index < -0.39 is 0 Å². The zero-order valence-corrected chi connectivity index (χ0v) is 13.1. The maximum absolute atomic E-state index is 13.4. The molecule has 2 fully saturated rings. The fourth-order valence-electron chi connectivity index (χ4n) is 3.26. The highest BCUT2D eigenvalue weighted by Crippen LogP contribution is 2.44. The van der Waals surface area contributed by atoms with Gasteiger partial charge in [-0.2, -0.15) is 0 Å². The normalized spacial score (nSPS) is 22.5. The maximum Gasteiger partial charge on any atom is 0.220 e. The van der Waals surface area contributed by atoms with Crippen molar-refractivity contribution < 1.29 is 13.9 Å². The molecular weight excluding hydrogens is 281 g/mol. The lowest BCUT2D eigenvalue weighted by atomic mass is 9.89. The molecule has 1 aliphatic carbocycles. The third kappa shape index (κ3) is 3.86. The minimum atomic E-state index is -0.180. The Morgan fingerprint density at radius 3 is 2.86 bits per heavy atom. The molecule has 0 spiro atoms. The molecule has 3 nitrogen and oxygen atoms in total. The number of amides is 1. The second-order valence-corrected chi connectivity index (χ2v) is 6.60. The van der Waals surface area contributed by atoms with E-state index in [0.717, 1.165) is 25.0 Å². The Bertz CT molecular complexity index is 536. The Kier molecular flexibility index (Phi) is 4.77. The van der Waals surface area contributed by atoms with Crippen molar-refractivity contribution in [3.63, 3.8) is 0 Å². The van der Waals surface area contributed by atoms with Crippen LogP contribution in [0.1, 0.15) is 49.1 Å². The predicted molar refractivity (Wildman–Crippen MR) is 83.2 cm³/mol. The lowest BCUT2D eigenvalue weighted by Crippen LogP contribution is -2.32. The number of nitrogens with one attached hydrogen (secondary N) is 1. The van der Waals surface area contributed by atoms with Crippen molar-refractivity contribution in [2.75, 3.05) is 13.2 Å². The van der Waals surface area contributed by atoms with Gasteiger partial charge in [0.15, 0.2) is 0 Å². The lowest BCUT2D eigenvalue weighted by Gasteiger charge is -2.18. The number of rotatable bonds is 6. The molecular formula is C18H24FNO2. The molecule has 1 N–H and O–H groups in total. The number of ether oxygens (including phenoxy) is 1. The van der Waals surface area contributed by atoms with Crippen LogP contribution in [-0.2, 0) is 9.53 Å². The smallest absolute Gasteiger partial charge is 0.220 e. The molecule has 1 aliphatic heterocycles. The molecule has 2 aliphatic rings. The summed E-state index contributed by atoms with van der Waals surface area (Å²) in [4.78, 5) is 12.2. The van der Waals surface area contributed by atoms with Gasteiger partial charge in [0.05, 0.1) is 6.10 Å². The summed E-state index contributed by atoms with van der Waals surface area (Å²) in [6, 6.07) is 5.24. The van der Waals surface area contributed by atoms with Gasteiger partial charge in [-0.3, -0.25) is 4.79 Å². The SMILES string of the molecule is Cc1cc(C(CC(=O)NCC2CCCO2)C2CC2)ccc1F. The Labute approximate surface area is 131 Å². The fraction of sp³-hybridized carbons (Fsp3) is 0.611. The average molecular weight is 305 g/mol. The highest BCUT2D eigenvalue weighted by Gasteiger charge is 2.34. The molecule has 1 aromatic rings. The van der Waals surface area contributed by atoms with Gasteiger partial charge in [-0.1, -0.05) is 12.1 Å². The van der Waals surface area contributed by atoms with Gasteiger partial charge in [-0.15, -0.1) is 0 Å². The Morgan fingerprint density at radius 1 is 1.41 bits per heavy atom. The van der Waals surface area contributed by atoms with Crippen molar-refractivity contribution in [3.8, 4) is 0 Å². The summed E-state index contributed by atoms with van der Waals surface area (Å²) < 4.78 is 19.0. The van der Waals surface area contributed by atoms with Gasteiger partial charge in [-0.05, 0) is 61.6 Å². The number of benzene rings is 1. The standard InChI is InChI=1S/C18H24FNO2/c1-12-9-14(6-7-17(12)19)16(13-4-5-13)10-18(21)20-11-15-3-2-8-22-15/h6-7,9,13,15-16H,2-5,8,10-11H2,1H3,(H,20,21). The largest absolute Gasteiger partial charge is 0.376 e. The third-order valence-electron chi connectivity index (χ3n) is 4.76. The molecule has 120 valence electrons. The predicted octanol–water partition coefficient (Wildman–Crippen LogP) is 3.31.